The molecule has 0 aromatic heterocycles. The normalized spacial score (nSPS) is 10.1. The van der Waals surface area contributed by atoms with Crippen molar-refractivity contribution in [2.45, 2.75) is 6.61 Å². The average molecular weight is 436 g/mol. The molecule has 7 nitrogen and oxygen atoms in total. The number of hydrogen-bond donors (Lipinski definition) is 3. The molecule has 0 aliphatic carbocycles. The molecule has 3 aromatic carbocycles. The van der Waals surface area contributed by atoms with Crippen LogP contribution in [0, 0.1) is 0 Å². The molecule has 8 heteroatoms. The highest BCUT2D eigenvalue weighted by molar-refractivity contribution is 7.80. The number of nitrogens with one attached hydrogen (secondary N) is 2. The second-order valence-electron chi connectivity index (χ2n) is 6.43. The molecule has 0 aliphatic heterocycles. The Balaban J connectivity index is 1.59. The number of rotatable bonds is 7. The lowest BCUT2D eigenvalue weighted by atomic mass is 10.2. The van der Waals surface area contributed by atoms with Gasteiger partial charge in [0.2, 0.25) is 0 Å². The third-order valence-electron chi connectivity index (χ3n) is 4.29. The summed E-state index contributed by atoms with van der Waals surface area (Å²) in [6.07, 6.45) is 0. The Morgan fingerprint density at radius 3 is 2.29 bits per heavy atom. The Hall–Kier alpha value is -3.91. The number of amides is 1. The van der Waals surface area contributed by atoms with Crippen molar-refractivity contribution in [3.8, 4) is 11.5 Å². The first-order valence-electron chi connectivity index (χ1n) is 9.26. The highest BCUT2D eigenvalue weighted by Crippen LogP contribution is 2.25. The lowest BCUT2D eigenvalue weighted by molar-refractivity contribution is 0.0696. The van der Waals surface area contributed by atoms with Crippen LogP contribution in [0.1, 0.15) is 26.3 Å². The zero-order valence-corrected chi connectivity index (χ0v) is 17.4. The number of carboxylic acids is 1. The molecule has 0 saturated heterocycles. The van der Waals surface area contributed by atoms with Gasteiger partial charge in [0.25, 0.3) is 5.91 Å². The highest BCUT2D eigenvalue weighted by atomic mass is 32.1. The van der Waals surface area contributed by atoms with Crippen molar-refractivity contribution in [3.05, 3.63) is 89.5 Å². The maximum absolute atomic E-state index is 12.5. The van der Waals surface area contributed by atoms with Crippen LogP contribution in [0.15, 0.2) is 72.8 Å². The van der Waals surface area contributed by atoms with Gasteiger partial charge in [-0.05, 0) is 60.2 Å². The minimum absolute atomic E-state index is 0.00948. The molecule has 1 amide bonds. The average Bonchev–Trinajstić information content (AvgIpc) is 2.78. The van der Waals surface area contributed by atoms with Crippen LogP contribution in [-0.4, -0.2) is 29.2 Å². The standard InChI is InChI=1S/C23H20N2O5S/c1-29-20-12-9-17(22(27)28)13-19(20)24-23(31)25-21(26)16-7-10-18(11-8-16)30-14-15-5-3-2-4-6-15/h2-13H,14H2,1H3,(H,27,28)(H2,24,25,26,31). The van der Waals surface area contributed by atoms with Gasteiger partial charge in [0.05, 0.1) is 18.4 Å². The minimum Gasteiger partial charge on any atom is -0.495 e. The van der Waals surface area contributed by atoms with Crippen LogP contribution in [0.5, 0.6) is 11.5 Å². The maximum atomic E-state index is 12.5. The molecule has 0 spiro atoms. The molecule has 31 heavy (non-hydrogen) atoms. The predicted octanol–water partition coefficient (Wildman–Crippen LogP) is 4.10. The summed E-state index contributed by atoms with van der Waals surface area (Å²) >= 11 is 5.18. The smallest absolute Gasteiger partial charge is 0.335 e. The number of carbonyl (C=O) groups excluding carboxylic acids is 1. The Bertz CT molecular complexity index is 1080. The van der Waals surface area contributed by atoms with Gasteiger partial charge in [-0.2, -0.15) is 0 Å². The number of hydrogen-bond acceptors (Lipinski definition) is 5. The van der Waals surface area contributed by atoms with E-state index in [0.29, 0.717) is 29.4 Å². The largest absolute Gasteiger partial charge is 0.495 e. The van der Waals surface area contributed by atoms with Crippen molar-refractivity contribution >= 4 is 34.9 Å². The molecular weight excluding hydrogens is 416 g/mol. The van der Waals surface area contributed by atoms with Crippen molar-refractivity contribution in [1.29, 1.82) is 0 Å². The molecule has 0 unspecified atom stereocenters. The van der Waals surface area contributed by atoms with E-state index in [2.05, 4.69) is 10.6 Å². The van der Waals surface area contributed by atoms with Crippen LogP contribution in [0.3, 0.4) is 0 Å². The summed E-state index contributed by atoms with van der Waals surface area (Å²) in [5.74, 6) is -0.478. The van der Waals surface area contributed by atoms with E-state index in [1.165, 1.54) is 25.3 Å². The SMILES string of the molecule is COc1ccc(C(=O)O)cc1NC(=S)NC(=O)c1ccc(OCc2ccccc2)cc1. The van der Waals surface area contributed by atoms with Crippen LogP contribution in [0.25, 0.3) is 0 Å². The number of aromatic carboxylic acids is 1. The number of carbonyl (C=O) groups is 2. The fraction of sp³-hybridized carbons (Fsp3) is 0.0870. The van der Waals surface area contributed by atoms with E-state index in [1.807, 2.05) is 30.3 Å². The number of ether oxygens (including phenoxy) is 2. The van der Waals surface area contributed by atoms with Gasteiger partial charge in [0, 0.05) is 5.56 Å². The molecule has 0 aliphatic rings. The van der Waals surface area contributed by atoms with E-state index in [-0.39, 0.29) is 10.7 Å². The Morgan fingerprint density at radius 2 is 1.65 bits per heavy atom. The Kier molecular flexibility index (Phi) is 7.18. The van der Waals surface area contributed by atoms with E-state index in [1.54, 1.807) is 24.3 Å². The lowest BCUT2D eigenvalue weighted by Crippen LogP contribution is -2.34. The number of anilines is 1. The van der Waals surface area contributed by atoms with Gasteiger partial charge in [0.15, 0.2) is 5.11 Å². The first kappa shape index (κ1) is 21.8. The fourth-order valence-corrected chi connectivity index (χ4v) is 2.91. The molecule has 0 saturated carbocycles. The van der Waals surface area contributed by atoms with Crippen molar-refractivity contribution in [2.75, 3.05) is 12.4 Å². The van der Waals surface area contributed by atoms with Gasteiger partial charge in [-0.25, -0.2) is 4.79 Å². The molecule has 0 fully saturated rings. The van der Waals surface area contributed by atoms with Crippen LogP contribution in [0.2, 0.25) is 0 Å². The topological polar surface area (TPSA) is 96.9 Å². The number of methoxy groups -OCH3 is 1. The van der Waals surface area contributed by atoms with Gasteiger partial charge in [-0.15, -0.1) is 0 Å². The Morgan fingerprint density at radius 1 is 0.968 bits per heavy atom. The third-order valence-corrected chi connectivity index (χ3v) is 4.49. The Labute approximate surface area is 184 Å². The van der Waals surface area contributed by atoms with Gasteiger partial charge in [-0.1, -0.05) is 30.3 Å². The van der Waals surface area contributed by atoms with E-state index in [0.717, 1.165) is 5.56 Å². The molecule has 3 aromatic rings. The summed E-state index contributed by atoms with van der Waals surface area (Å²) in [5, 5.41) is 14.5. The number of benzene rings is 3. The first-order chi connectivity index (χ1) is 15.0. The molecular formula is C23H20N2O5S. The monoisotopic (exact) mass is 436 g/mol. The summed E-state index contributed by atoms with van der Waals surface area (Å²) in [6.45, 7) is 0.428. The minimum atomic E-state index is -1.09. The van der Waals surface area contributed by atoms with Crippen LogP contribution < -0.4 is 20.1 Å². The molecule has 0 radical (unpaired) electrons. The highest BCUT2D eigenvalue weighted by Gasteiger charge is 2.13. The summed E-state index contributed by atoms with van der Waals surface area (Å²) < 4.78 is 10.9. The van der Waals surface area contributed by atoms with Crippen molar-refractivity contribution in [3.63, 3.8) is 0 Å². The van der Waals surface area contributed by atoms with Gasteiger partial charge < -0.3 is 19.9 Å². The van der Waals surface area contributed by atoms with E-state index in [4.69, 9.17) is 26.8 Å². The van der Waals surface area contributed by atoms with Crippen molar-refractivity contribution in [1.82, 2.24) is 5.32 Å². The van der Waals surface area contributed by atoms with Gasteiger partial charge in [0.1, 0.15) is 18.1 Å². The van der Waals surface area contributed by atoms with E-state index in [9.17, 15) is 9.59 Å². The zero-order valence-electron chi connectivity index (χ0n) is 16.6. The van der Waals surface area contributed by atoms with Crippen LogP contribution in [-0.2, 0) is 6.61 Å². The van der Waals surface area contributed by atoms with Crippen molar-refractivity contribution < 1.29 is 24.2 Å². The van der Waals surface area contributed by atoms with Crippen molar-refractivity contribution in [2.24, 2.45) is 0 Å². The second kappa shape index (κ2) is 10.2. The quantitative estimate of drug-likeness (QED) is 0.480. The molecule has 3 rings (SSSR count). The molecule has 0 bridgehead atoms. The molecule has 158 valence electrons. The summed E-state index contributed by atoms with van der Waals surface area (Å²) in [5.41, 5.74) is 1.83. The van der Waals surface area contributed by atoms with Crippen LogP contribution in [0.4, 0.5) is 5.69 Å². The fourth-order valence-electron chi connectivity index (χ4n) is 2.71. The van der Waals surface area contributed by atoms with E-state index >= 15 is 0 Å². The molecule has 0 atom stereocenters. The predicted molar refractivity (Wildman–Crippen MR) is 121 cm³/mol. The number of thiocarbonyl (C=S) groups is 1. The van der Waals surface area contributed by atoms with Gasteiger partial charge in [-0.3, -0.25) is 10.1 Å². The lowest BCUT2D eigenvalue weighted by Gasteiger charge is -2.13. The second-order valence-corrected chi connectivity index (χ2v) is 6.84. The third kappa shape index (κ3) is 6.03. The summed E-state index contributed by atoms with van der Waals surface area (Å²) in [4.78, 5) is 23.6. The summed E-state index contributed by atoms with van der Waals surface area (Å²) in [7, 11) is 1.45. The van der Waals surface area contributed by atoms with Gasteiger partial charge >= 0.3 is 5.97 Å². The first-order valence-corrected chi connectivity index (χ1v) is 9.67. The molecule has 3 N–H and O–H groups in total. The zero-order chi connectivity index (χ0) is 22.2. The molecule has 0 heterocycles. The number of carboxylic acid groups (broad SMARTS) is 1. The maximum Gasteiger partial charge on any atom is 0.335 e. The van der Waals surface area contributed by atoms with E-state index < -0.39 is 11.9 Å². The summed E-state index contributed by atoms with van der Waals surface area (Å²) in [6, 6.07) is 20.7. The van der Waals surface area contributed by atoms with Crippen LogP contribution >= 0.6 is 12.2 Å².